The summed E-state index contributed by atoms with van der Waals surface area (Å²) in [6, 6.07) is 14.5. The third-order valence-corrected chi connectivity index (χ3v) is 6.74. The summed E-state index contributed by atoms with van der Waals surface area (Å²) in [6.45, 7) is 6.27. The Hall–Kier alpha value is -2.87. The summed E-state index contributed by atoms with van der Waals surface area (Å²) in [5.74, 6) is -0.390. The molecule has 0 radical (unpaired) electrons. The van der Waals surface area contributed by atoms with Gasteiger partial charge in [0.1, 0.15) is 6.04 Å². The second-order valence-electron chi connectivity index (χ2n) is 8.32. The fourth-order valence-electron chi connectivity index (χ4n) is 3.76. The van der Waals surface area contributed by atoms with Crippen molar-refractivity contribution in [3.8, 4) is 0 Å². The van der Waals surface area contributed by atoms with E-state index in [1.807, 2.05) is 63.2 Å². The van der Waals surface area contributed by atoms with E-state index in [-0.39, 0.29) is 24.8 Å². The van der Waals surface area contributed by atoms with Crippen molar-refractivity contribution in [1.29, 1.82) is 0 Å². The van der Waals surface area contributed by atoms with Crippen LogP contribution in [0.25, 0.3) is 0 Å². The summed E-state index contributed by atoms with van der Waals surface area (Å²) >= 11 is 0. The van der Waals surface area contributed by atoms with Crippen LogP contribution < -0.4 is 9.62 Å². The van der Waals surface area contributed by atoms with Gasteiger partial charge in [0.2, 0.25) is 21.8 Å². The highest BCUT2D eigenvalue weighted by Crippen LogP contribution is 2.20. The summed E-state index contributed by atoms with van der Waals surface area (Å²) in [7, 11) is -1.94. The zero-order chi connectivity index (χ0) is 24.6. The Balaban J connectivity index is 2.18. The Morgan fingerprint density at radius 1 is 1.03 bits per heavy atom. The maximum absolute atomic E-state index is 13.2. The largest absolute Gasteiger partial charge is 0.357 e. The average molecular weight is 474 g/mol. The van der Waals surface area contributed by atoms with E-state index >= 15 is 0 Å². The van der Waals surface area contributed by atoms with Crippen LogP contribution in [0.3, 0.4) is 0 Å². The summed E-state index contributed by atoms with van der Waals surface area (Å²) in [4.78, 5) is 27.3. The van der Waals surface area contributed by atoms with E-state index in [0.717, 1.165) is 16.7 Å². The number of carbonyl (C=O) groups excluding carboxylic acids is 2. The first-order valence-corrected chi connectivity index (χ1v) is 13.0. The first-order chi connectivity index (χ1) is 15.6. The second-order valence-corrected chi connectivity index (χ2v) is 10.2. The predicted molar refractivity (Wildman–Crippen MR) is 132 cm³/mol. The maximum atomic E-state index is 13.2. The highest BCUT2D eigenvalue weighted by Gasteiger charge is 2.28. The molecule has 1 atom stereocenters. The molecule has 1 unspecified atom stereocenters. The van der Waals surface area contributed by atoms with Gasteiger partial charge in [-0.15, -0.1) is 0 Å². The molecule has 0 aliphatic carbocycles. The molecule has 180 valence electrons. The van der Waals surface area contributed by atoms with Gasteiger partial charge in [-0.25, -0.2) is 8.42 Å². The first kappa shape index (κ1) is 26.4. The van der Waals surface area contributed by atoms with E-state index in [9.17, 15) is 18.0 Å². The molecule has 0 saturated heterocycles. The first-order valence-electron chi connectivity index (χ1n) is 11.2. The van der Waals surface area contributed by atoms with Crippen LogP contribution in [0.15, 0.2) is 48.5 Å². The molecule has 0 aromatic heterocycles. The van der Waals surface area contributed by atoms with Crippen molar-refractivity contribution in [3.63, 3.8) is 0 Å². The van der Waals surface area contributed by atoms with Gasteiger partial charge in [-0.3, -0.25) is 13.9 Å². The molecule has 0 spiro atoms. The topological polar surface area (TPSA) is 86.8 Å². The van der Waals surface area contributed by atoms with Gasteiger partial charge >= 0.3 is 0 Å². The summed E-state index contributed by atoms with van der Waals surface area (Å²) in [5, 5.41) is 2.65. The lowest BCUT2D eigenvalue weighted by Crippen LogP contribution is -2.48. The number of hydrogen-bond acceptors (Lipinski definition) is 4. The number of nitrogens with zero attached hydrogens (tertiary/aromatic N) is 2. The minimum absolute atomic E-state index is 0.136. The molecule has 1 N–H and O–H groups in total. The number of likely N-dealkylation sites (N-methyl/N-ethyl adjacent to an activating group) is 1. The number of anilines is 1. The number of benzene rings is 2. The van der Waals surface area contributed by atoms with Crippen molar-refractivity contribution in [2.45, 2.75) is 52.6 Å². The monoisotopic (exact) mass is 473 g/mol. The Morgan fingerprint density at radius 2 is 1.70 bits per heavy atom. The van der Waals surface area contributed by atoms with Crippen LogP contribution in [0.4, 0.5) is 5.69 Å². The number of hydrogen-bond donors (Lipinski definition) is 1. The minimum Gasteiger partial charge on any atom is -0.357 e. The number of rotatable bonds is 11. The van der Waals surface area contributed by atoms with Gasteiger partial charge in [0.05, 0.1) is 11.9 Å². The van der Waals surface area contributed by atoms with Crippen LogP contribution in [0.2, 0.25) is 0 Å². The standard InChI is InChI=1S/C25H35N3O4S/c1-6-23(25(30)26-4)27(18-21-14-12-19(2)13-15-21)24(29)11-8-16-28(33(5,31)32)22-10-7-9-20(3)17-22/h7,9-10,12-15,17,23H,6,8,11,16,18H2,1-5H3,(H,26,30). The van der Waals surface area contributed by atoms with Crippen LogP contribution in [0.5, 0.6) is 0 Å². The number of nitrogens with one attached hydrogen (secondary N) is 1. The molecule has 0 heterocycles. The molecule has 2 aromatic carbocycles. The van der Waals surface area contributed by atoms with E-state index in [1.165, 1.54) is 10.6 Å². The van der Waals surface area contributed by atoms with Crippen molar-refractivity contribution >= 4 is 27.5 Å². The van der Waals surface area contributed by atoms with Crippen molar-refractivity contribution in [2.24, 2.45) is 0 Å². The van der Waals surface area contributed by atoms with Crippen molar-refractivity contribution < 1.29 is 18.0 Å². The van der Waals surface area contributed by atoms with E-state index in [2.05, 4.69) is 5.32 Å². The van der Waals surface area contributed by atoms with Crippen molar-refractivity contribution in [2.75, 3.05) is 24.2 Å². The quantitative estimate of drug-likeness (QED) is 0.542. The van der Waals surface area contributed by atoms with E-state index in [1.54, 1.807) is 18.0 Å². The summed E-state index contributed by atoms with van der Waals surface area (Å²) in [6.07, 6.45) is 2.13. The molecule has 0 aliphatic rings. The molecule has 8 heteroatoms. The zero-order valence-corrected chi connectivity index (χ0v) is 21.0. The van der Waals surface area contributed by atoms with Gasteiger partial charge in [0.15, 0.2) is 0 Å². The molecular formula is C25H35N3O4S. The molecule has 0 aliphatic heterocycles. The van der Waals surface area contributed by atoms with E-state index in [0.29, 0.717) is 25.1 Å². The second kappa shape index (κ2) is 11.8. The lowest BCUT2D eigenvalue weighted by Gasteiger charge is -2.31. The normalized spacial score (nSPS) is 12.2. The number of carbonyl (C=O) groups is 2. The van der Waals surface area contributed by atoms with Gasteiger partial charge in [-0.05, 0) is 49.9 Å². The summed E-state index contributed by atoms with van der Waals surface area (Å²) in [5.41, 5.74) is 3.59. The Labute approximate surface area is 197 Å². The lowest BCUT2D eigenvalue weighted by molar-refractivity contribution is -0.141. The van der Waals surface area contributed by atoms with Crippen LogP contribution in [0, 0.1) is 13.8 Å². The minimum atomic E-state index is -3.50. The molecule has 2 rings (SSSR count). The fraction of sp³-hybridized carbons (Fsp3) is 0.440. The lowest BCUT2D eigenvalue weighted by atomic mass is 10.1. The molecular weight excluding hydrogens is 438 g/mol. The smallest absolute Gasteiger partial charge is 0.242 e. The SMILES string of the molecule is CCC(C(=O)NC)N(Cc1ccc(C)cc1)C(=O)CCCN(c1cccc(C)c1)S(C)(=O)=O. The van der Waals surface area contributed by atoms with Gasteiger partial charge in [-0.2, -0.15) is 0 Å². The van der Waals surface area contributed by atoms with Crippen LogP contribution in [0.1, 0.15) is 42.9 Å². The van der Waals surface area contributed by atoms with Crippen LogP contribution >= 0.6 is 0 Å². The maximum Gasteiger partial charge on any atom is 0.242 e. The highest BCUT2D eigenvalue weighted by molar-refractivity contribution is 7.92. The van der Waals surface area contributed by atoms with E-state index < -0.39 is 16.1 Å². The van der Waals surface area contributed by atoms with Crippen LogP contribution in [-0.4, -0.2) is 51.0 Å². The third-order valence-electron chi connectivity index (χ3n) is 5.55. The van der Waals surface area contributed by atoms with Gasteiger partial charge in [0.25, 0.3) is 0 Å². The van der Waals surface area contributed by atoms with Crippen LogP contribution in [-0.2, 0) is 26.2 Å². The molecule has 0 saturated carbocycles. The molecule has 0 bridgehead atoms. The van der Waals surface area contributed by atoms with Crippen molar-refractivity contribution in [1.82, 2.24) is 10.2 Å². The number of sulfonamides is 1. The zero-order valence-electron chi connectivity index (χ0n) is 20.2. The van der Waals surface area contributed by atoms with Gasteiger partial charge < -0.3 is 10.2 Å². The Morgan fingerprint density at radius 3 is 2.24 bits per heavy atom. The Bertz CT molecular complexity index is 1050. The third kappa shape index (κ3) is 7.60. The highest BCUT2D eigenvalue weighted by atomic mass is 32.2. The molecule has 2 amide bonds. The molecule has 7 nitrogen and oxygen atoms in total. The van der Waals surface area contributed by atoms with Gasteiger partial charge in [-0.1, -0.05) is 48.9 Å². The summed E-state index contributed by atoms with van der Waals surface area (Å²) < 4.78 is 26.1. The predicted octanol–water partition coefficient (Wildman–Crippen LogP) is 3.40. The molecule has 0 fully saturated rings. The molecule has 33 heavy (non-hydrogen) atoms. The van der Waals surface area contributed by atoms with Crippen molar-refractivity contribution in [3.05, 3.63) is 65.2 Å². The Kier molecular flexibility index (Phi) is 9.46. The fourth-order valence-corrected chi connectivity index (χ4v) is 4.72. The molecule has 2 aromatic rings. The average Bonchev–Trinajstić information content (AvgIpc) is 2.76. The van der Waals surface area contributed by atoms with E-state index in [4.69, 9.17) is 0 Å². The van der Waals surface area contributed by atoms with Gasteiger partial charge in [0, 0.05) is 26.6 Å². The number of amides is 2. The number of aryl methyl sites for hydroxylation is 2.